The van der Waals surface area contributed by atoms with Crippen LogP contribution >= 0.6 is 11.3 Å². The van der Waals surface area contributed by atoms with Crippen molar-refractivity contribution in [3.8, 4) is 6.07 Å². The monoisotopic (exact) mass is 399 g/mol. The molecule has 0 fully saturated rings. The van der Waals surface area contributed by atoms with Crippen molar-refractivity contribution in [3.63, 3.8) is 0 Å². The van der Waals surface area contributed by atoms with Crippen LogP contribution in [0.3, 0.4) is 0 Å². The van der Waals surface area contributed by atoms with Gasteiger partial charge in [0.15, 0.2) is 0 Å². The van der Waals surface area contributed by atoms with E-state index in [1.54, 1.807) is 11.3 Å². The molecule has 0 atom stereocenters. The number of nitrogens with zero attached hydrogens (tertiary/aromatic N) is 4. The maximum Gasteiger partial charge on any atom is 0.239 e. The van der Waals surface area contributed by atoms with Crippen molar-refractivity contribution in [2.75, 3.05) is 18.9 Å². The maximum atomic E-state index is 12.6. The highest BCUT2D eigenvalue weighted by Gasteiger charge is 2.21. The van der Waals surface area contributed by atoms with Gasteiger partial charge in [0.2, 0.25) is 5.91 Å². The Morgan fingerprint density at radius 1 is 1.36 bits per heavy atom. The van der Waals surface area contributed by atoms with Crippen LogP contribution in [0, 0.1) is 18.3 Å². The van der Waals surface area contributed by atoms with Gasteiger partial charge in [-0.3, -0.25) is 14.4 Å². The summed E-state index contributed by atoms with van der Waals surface area (Å²) in [6.07, 6.45) is 8.61. The summed E-state index contributed by atoms with van der Waals surface area (Å²) >= 11 is 1.59. The van der Waals surface area contributed by atoms with Crippen LogP contribution in [0.1, 0.15) is 59.9 Å². The normalized spacial score (nSPS) is 14.2. The Morgan fingerprint density at radius 3 is 2.79 bits per heavy atom. The van der Waals surface area contributed by atoms with Crippen molar-refractivity contribution in [1.82, 2.24) is 14.7 Å². The molecule has 3 rings (SSSR count). The van der Waals surface area contributed by atoms with Gasteiger partial charge in [0.25, 0.3) is 0 Å². The van der Waals surface area contributed by atoms with Crippen LogP contribution in [0.5, 0.6) is 0 Å². The van der Waals surface area contributed by atoms with Crippen molar-refractivity contribution in [2.24, 2.45) is 0 Å². The van der Waals surface area contributed by atoms with E-state index in [1.165, 1.54) is 29.7 Å². The molecular formula is C21H29N5OS. The summed E-state index contributed by atoms with van der Waals surface area (Å²) < 4.78 is 1.96. The average Bonchev–Trinajstić information content (AvgIpc) is 3.14. The molecule has 0 aliphatic heterocycles. The van der Waals surface area contributed by atoms with Gasteiger partial charge in [-0.05, 0) is 52.1 Å². The summed E-state index contributed by atoms with van der Waals surface area (Å²) in [6, 6.07) is 2.34. The second-order valence-electron chi connectivity index (χ2n) is 7.53. The summed E-state index contributed by atoms with van der Waals surface area (Å²) in [5.74, 6) is -0.0752. The van der Waals surface area contributed by atoms with E-state index in [1.807, 2.05) is 22.8 Å². The number of carbonyl (C=O) groups excluding carboxylic acids is 1. The van der Waals surface area contributed by atoms with Gasteiger partial charge >= 0.3 is 0 Å². The van der Waals surface area contributed by atoms with Gasteiger partial charge in [0.1, 0.15) is 11.1 Å². The van der Waals surface area contributed by atoms with E-state index < -0.39 is 0 Å². The number of carbonyl (C=O) groups is 1. The van der Waals surface area contributed by atoms with E-state index >= 15 is 0 Å². The van der Waals surface area contributed by atoms with Gasteiger partial charge in [-0.15, -0.1) is 11.3 Å². The molecule has 0 aromatic carbocycles. The first-order valence-corrected chi connectivity index (χ1v) is 10.9. The third-order valence-corrected chi connectivity index (χ3v) is 6.60. The fraction of sp³-hybridized carbons (Fsp3) is 0.571. The van der Waals surface area contributed by atoms with Gasteiger partial charge in [-0.2, -0.15) is 10.4 Å². The molecule has 0 saturated carbocycles. The summed E-state index contributed by atoms with van der Waals surface area (Å²) in [4.78, 5) is 15.9. The molecule has 0 saturated heterocycles. The molecule has 1 amide bonds. The highest BCUT2D eigenvalue weighted by molar-refractivity contribution is 7.16. The number of rotatable bonds is 6. The molecule has 6 nitrogen and oxygen atoms in total. The Bertz CT molecular complexity index is 876. The average molecular weight is 400 g/mol. The zero-order valence-corrected chi connectivity index (χ0v) is 17.9. The first-order valence-electron chi connectivity index (χ1n) is 10.1. The summed E-state index contributed by atoms with van der Waals surface area (Å²) in [6.45, 7) is 5.92. The Hall–Kier alpha value is -2.17. The number of thiophene rings is 1. The molecule has 2 aromatic rings. The fourth-order valence-electron chi connectivity index (χ4n) is 3.84. The Labute approximate surface area is 171 Å². The highest BCUT2D eigenvalue weighted by atomic mass is 32.1. The van der Waals surface area contributed by atoms with Crippen molar-refractivity contribution in [3.05, 3.63) is 33.5 Å². The number of fused-ring (bicyclic) bond motifs is 1. The quantitative estimate of drug-likeness (QED) is 0.800. The van der Waals surface area contributed by atoms with E-state index in [2.05, 4.69) is 30.3 Å². The Morgan fingerprint density at radius 2 is 2.11 bits per heavy atom. The number of hydrogen-bond donors (Lipinski definition) is 1. The molecule has 2 aromatic heterocycles. The molecular weight excluding hydrogens is 370 g/mol. The number of hydrogen-bond acceptors (Lipinski definition) is 5. The highest BCUT2D eigenvalue weighted by Crippen LogP contribution is 2.36. The van der Waals surface area contributed by atoms with Crippen LogP contribution in [0.4, 0.5) is 5.00 Å². The molecule has 0 unspecified atom stereocenters. The van der Waals surface area contributed by atoms with Crippen molar-refractivity contribution >= 4 is 22.2 Å². The maximum absolute atomic E-state index is 12.6. The van der Waals surface area contributed by atoms with Crippen LogP contribution in [0.15, 0.2) is 6.20 Å². The van der Waals surface area contributed by atoms with E-state index in [0.29, 0.717) is 12.1 Å². The van der Waals surface area contributed by atoms with Crippen LogP contribution in [-0.4, -0.2) is 34.2 Å². The minimum Gasteiger partial charge on any atom is -0.315 e. The largest absolute Gasteiger partial charge is 0.315 e. The minimum atomic E-state index is -0.0752. The SMILES string of the molecule is CCn1ncc(CN(C)CC(=O)Nc2sc3c(c2C#N)CCCCCC3)c1C. The van der Waals surface area contributed by atoms with Gasteiger partial charge in [-0.25, -0.2) is 0 Å². The molecule has 1 N–H and O–H groups in total. The van der Waals surface area contributed by atoms with Crippen molar-refractivity contribution in [1.29, 1.82) is 5.26 Å². The number of anilines is 1. The second-order valence-corrected chi connectivity index (χ2v) is 8.63. The molecule has 0 bridgehead atoms. The van der Waals surface area contributed by atoms with Crippen LogP contribution in [0.2, 0.25) is 0 Å². The molecule has 0 radical (unpaired) electrons. The summed E-state index contributed by atoms with van der Waals surface area (Å²) in [5.41, 5.74) is 4.12. The van der Waals surface area contributed by atoms with Crippen LogP contribution in [-0.2, 0) is 30.7 Å². The van der Waals surface area contributed by atoms with E-state index in [4.69, 9.17) is 0 Å². The molecule has 1 aliphatic rings. The smallest absolute Gasteiger partial charge is 0.239 e. The molecule has 7 heteroatoms. The lowest BCUT2D eigenvalue weighted by Gasteiger charge is -2.16. The first kappa shape index (κ1) is 20.6. The molecule has 28 heavy (non-hydrogen) atoms. The standard InChI is InChI=1S/C21H29N5OS/c1-4-26-15(2)16(12-23-26)13-25(3)14-20(27)24-21-18(11-22)17-9-7-5-6-8-10-19(17)28-21/h12H,4-10,13-14H2,1-3H3,(H,24,27). The number of nitrogens with one attached hydrogen (secondary N) is 1. The number of nitriles is 1. The summed E-state index contributed by atoms with van der Waals surface area (Å²) in [7, 11) is 1.93. The predicted molar refractivity (Wildman–Crippen MR) is 113 cm³/mol. The molecule has 0 spiro atoms. The third-order valence-electron chi connectivity index (χ3n) is 5.39. The summed E-state index contributed by atoms with van der Waals surface area (Å²) in [5, 5.41) is 17.7. The predicted octanol–water partition coefficient (Wildman–Crippen LogP) is 3.87. The number of aryl methyl sites for hydroxylation is 2. The topological polar surface area (TPSA) is 74.0 Å². The van der Waals surface area contributed by atoms with Crippen molar-refractivity contribution in [2.45, 2.75) is 65.5 Å². The Kier molecular flexibility index (Phi) is 6.87. The molecule has 1 aliphatic carbocycles. The van der Waals surface area contributed by atoms with Crippen LogP contribution < -0.4 is 5.32 Å². The molecule has 2 heterocycles. The van der Waals surface area contributed by atoms with Gasteiger partial charge in [0.05, 0.1) is 18.3 Å². The van der Waals surface area contributed by atoms with Crippen LogP contribution in [0.25, 0.3) is 0 Å². The van der Waals surface area contributed by atoms with Crippen molar-refractivity contribution < 1.29 is 4.79 Å². The van der Waals surface area contributed by atoms with E-state index in [0.717, 1.165) is 42.1 Å². The van der Waals surface area contributed by atoms with Gasteiger partial charge in [0, 0.05) is 29.2 Å². The third kappa shape index (κ3) is 4.62. The number of likely N-dealkylation sites (N-methyl/N-ethyl adjacent to an activating group) is 1. The first-order chi connectivity index (χ1) is 13.5. The van der Waals surface area contributed by atoms with E-state index in [9.17, 15) is 10.1 Å². The lowest BCUT2D eigenvalue weighted by Crippen LogP contribution is -2.30. The zero-order chi connectivity index (χ0) is 20.1. The minimum absolute atomic E-state index is 0.0752. The van der Waals surface area contributed by atoms with E-state index in [-0.39, 0.29) is 12.5 Å². The lowest BCUT2D eigenvalue weighted by atomic mass is 9.97. The van der Waals surface area contributed by atoms with Gasteiger partial charge in [-0.1, -0.05) is 12.8 Å². The second kappa shape index (κ2) is 9.35. The number of amides is 1. The molecule has 150 valence electrons. The Balaban J connectivity index is 1.65. The number of aromatic nitrogens is 2. The lowest BCUT2D eigenvalue weighted by molar-refractivity contribution is -0.117. The zero-order valence-electron chi connectivity index (χ0n) is 17.0. The fourth-order valence-corrected chi connectivity index (χ4v) is 5.10. The van der Waals surface area contributed by atoms with Gasteiger partial charge < -0.3 is 5.32 Å².